The summed E-state index contributed by atoms with van der Waals surface area (Å²) in [6.07, 6.45) is 2.02. The average molecular weight is 204 g/mol. The molecule has 1 unspecified atom stereocenters. The Balaban J connectivity index is 2.61. The lowest BCUT2D eigenvalue weighted by molar-refractivity contribution is 0.749. The quantitative estimate of drug-likeness (QED) is 0.812. The van der Waals surface area contributed by atoms with E-state index in [0.717, 1.165) is 17.0 Å². The summed E-state index contributed by atoms with van der Waals surface area (Å²) in [6.45, 7) is 6.19. The minimum Gasteiger partial charge on any atom is -0.324 e. The van der Waals surface area contributed by atoms with Gasteiger partial charge in [-0.05, 0) is 18.6 Å². The van der Waals surface area contributed by atoms with Crippen LogP contribution in [-0.4, -0.2) is 14.6 Å². The first-order valence-corrected chi connectivity index (χ1v) is 5.19. The number of pyridine rings is 1. The number of aromatic nitrogens is 3. The summed E-state index contributed by atoms with van der Waals surface area (Å²) < 4.78 is 2.02. The van der Waals surface area contributed by atoms with Crippen molar-refractivity contribution in [3.63, 3.8) is 0 Å². The van der Waals surface area contributed by atoms with Gasteiger partial charge in [0, 0.05) is 18.2 Å². The molecule has 0 aromatic carbocycles. The molecule has 2 N–H and O–H groups in total. The molecule has 1 atom stereocenters. The normalized spacial score (nSPS) is 13.7. The second-order valence-corrected chi connectivity index (χ2v) is 4.19. The summed E-state index contributed by atoms with van der Waals surface area (Å²) in [5.41, 5.74) is 7.82. The van der Waals surface area contributed by atoms with Crippen LogP contribution in [0.2, 0.25) is 0 Å². The Bertz CT molecular complexity index is 470. The molecule has 80 valence electrons. The van der Waals surface area contributed by atoms with Crippen LogP contribution in [-0.2, 0) is 0 Å². The molecule has 0 aliphatic heterocycles. The summed E-state index contributed by atoms with van der Waals surface area (Å²) in [6, 6.07) is 3.99. The third-order valence-electron chi connectivity index (χ3n) is 2.49. The van der Waals surface area contributed by atoms with Gasteiger partial charge >= 0.3 is 0 Å². The molecule has 0 radical (unpaired) electrons. The van der Waals surface area contributed by atoms with Gasteiger partial charge in [-0.15, -0.1) is 10.2 Å². The first kappa shape index (κ1) is 10.1. The van der Waals surface area contributed by atoms with Crippen molar-refractivity contribution in [1.82, 2.24) is 14.6 Å². The van der Waals surface area contributed by atoms with Crippen LogP contribution in [0.15, 0.2) is 18.3 Å². The number of hydrogen-bond donors (Lipinski definition) is 1. The zero-order valence-electron chi connectivity index (χ0n) is 9.31. The van der Waals surface area contributed by atoms with E-state index in [1.54, 1.807) is 0 Å². The second-order valence-electron chi connectivity index (χ2n) is 4.19. The van der Waals surface area contributed by atoms with Crippen LogP contribution in [0, 0.1) is 0 Å². The van der Waals surface area contributed by atoms with Crippen LogP contribution in [0.3, 0.4) is 0 Å². The van der Waals surface area contributed by atoms with Crippen molar-refractivity contribution in [3.05, 3.63) is 29.7 Å². The summed E-state index contributed by atoms with van der Waals surface area (Å²) in [5.74, 6) is 1.34. The molecule has 0 saturated heterocycles. The lowest BCUT2D eigenvalue weighted by atomic mass is 10.1. The average Bonchev–Trinajstić information content (AvgIpc) is 2.59. The van der Waals surface area contributed by atoms with E-state index < -0.39 is 0 Å². The lowest BCUT2D eigenvalue weighted by Crippen LogP contribution is -2.07. The van der Waals surface area contributed by atoms with Gasteiger partial charge < -0.3 is 5.73 Å². The van der Waals surface area contributed by atoms with Gasteiger partial charge in [0.15, 0.2) is 5.65 Å². The third kappa shape index (κ3) is 1.72. The molecule has 0 fully saturated rings. The number of fused-ring (bicyclic) bond motifs is 1. The molecule has 2 rings (SSSR count). The molecule has 0 aliphatic rings. The Morgan fingerprint density at radius 3 is 2.53 bits per heavy atom. The number of nitrogens with two attached hydrogens (primary N) is 1. The highest BCUT2D eigenvalue weighted by Crippen LogP contribution is 2.16. The van der Waals surface area contributed by atoms with Crippen LogP contribution in [0.1, 0.15) is 44.1 Å². The van der Waals surface area contributed by atoms with E-state index in [-0.39, 0.29) is 6.04 Å². The van der Waals surface area contributed by atoms with Crippen molar-refractivity contribution in [2.75, 3.05) is 0 Å². The lowest BCUT2D eigenvalue weighted by Gasteiger charge is -2.07. The molecule has 0 bridgehead atoms. The summed E-state index contributed by atoms with van der Waals surface area (Å²) >= 11 is 0. The fourth-order valence-electron chi connectivity index (χ4n) is 1.59. The predicted octanol–water partition coefficient (Wildman–Crippen LogP) is 1.87. The molecule has 0 aliphatic carbocycles. The van der Waals surface area contributed by atoms with Gasteiger partial charge in [-0.3, -0.25) is 4.40 Å². The summed E-state index contributed by atoms with van der Waals surface area (Å²) in [4.78, 5) is 0. The Labute approximate surface area is 89.1 Å². The smallest absolute Gasteiger partial charge is 0.160 e. The fourth-order valence-corrected chi connectivity index (χ4v) is 1.59. The van der Waals surface area contributed by atoms with E-state index >= 15 is 0 Å². The van der Waals surface area contributed by atoms with Gasteiger partial charge in [0.1, 0.15) is 5.82 Å². The van der Waals surface area contributed by atoms with Crippen molar-refractivity contribution in [1.29, 1.82) is 0 Å². The van der Waals surface area contributed by atoms with Crippen LogP contribution in [0.25, 0.3) is 5.65 Å². The second kappa shape index (κ2) is 3.62. The van der Waals surface area contributed by atoms with Gasteiger partial charge in [0.05, 0.1) is 0 Å². The van der Waals surface area contributed by atoms with E-state index in [2.05, 4.69) is 24.0 Å². The highest BCUT2D eigenvalue weighted by Gasteiger charge is 2.10. The molecule has 2 aromatic rings. The molecule has 4 heteroatoms. The molecular weight excluding hydrogens is 188 g/mol. The molecule has 2 aromatic heterocycles. The van der Waals surface area contributed by atoms with Crippen LogP contribution < -0.4 is 5.73 Å². The maximum absolute atomic E-state index is 5.85. The van der Waals surface area contributed by atoms with Crippen molar-refractivity contribution in [2.24, 2.45) is 5.73 Å². The van der Waals surface area contributed by atoms with Gasteiger partial charge in [-0.25, -0.2) is 0 Å². The predicted molar refractivity (Wildman–Crippen MR) is 59.7 cm³/mol. The zero-order chi connectivity index (χ0) is 11.0. The third-order valence-corrected chi connectivity index (χ3v) is 2.49. The van der Waals surface area contributed by atoms with Crippen LogP contribution >= 0.6 is 0 Å². The first-order chi connectivity index (χ1) is 7.09. The minimum absolute atomic E-state index is 0.0387. The van der Waals surface area contributed by atoms with E-state index in [1.807, 2.05) is 29.7 Å². The number of nitrogens with zero attached hydrogens (tertiary/aromatic N) is 3. The van der Waals surface area contributed by atoms with Crippen molar-refractivity contribution in [3.8, 4) is 0 Å². The van der Waals surface area contributed by atoms with Gasteiger partial charge in [0.2, 0.25) is 0 Å². The Kier molecular flexibility index (Phi) is 2.44. The maximum Gasteiger partial charge on any atom is 0.160 e. The minimum atomic E-state index is 0.0387. The summed E-state index contributed by atoms with van der Waals surface area (Å²) in [7, 11) is 0. The molecule has 15 heavy (non-hydrogen) atoms. The topological polar surface area (TPSA) is 56.2 Å². The molecule has 2 heterocycles. The monoisotopic (exact) mass is 204 g/mol. The summed E-state index contributed by atoms with van der Waals surface area (Å²) in [5, 5.41) is 8.28. The zero-order valence-corrected chi connectivity index (χ0v) is 9.31. The molecule has 4 nitrogen and oxygen atoms in total. The van der Waals surface area contributed by atoms with Crippen molar-refractivity contribution >= 4 is 5.65 Å². The first-order valence-electron chi connectivity index (χ1n) is 5.19. The fraction of sp³-hybridized carbons (Fsp3) is 0.455. The Morgan fingerprint density at radius 1 is 1.20 bits per heavy atom. The SMILES string of the molecule is CC(C)c1nnc2ccc(C(C)N)cn12. The van der Waals surface area contributed by atoms with Crippen LogP contribution in [0.5, 0.6) is 0 Å². The van der Waals surface area contributed by atoms with Crippen molar-refractivity contribution in [2.45, 2.75) is 32.7 Å². The molecule has 0 saturated carbocycles. The standard InChI is InChI=1S/C11H16N4/c1-7(2)11-14-13-10-5-4-9(8(3)12)6-15(10)11/h4-8H,12H2,1-3H3. The number of rotatable bonds is 2. The van der Waals surface area contributed by atoms with Crippen molar-refractivity contribution < 1.29 is 0 Å². The van der Waals surface area contributed by atoms with E-state index in [9.17, 15) is 0 Å². The van der Waals surface area contributed by atoms with Gasteiger partial charge in [-0.1, -0.05) is 19.9 Å². The highest BCUT2D eigenvalue weighted by atomic mass is 15.2. The largest absolute Gasteiger partial charge is 0.324 e. The molecule has 0 amide bonds. The molecule has 0 spiro atoms. The van der Waals surface area contributed by atoms with Gasteiger partial charge in [0.25, 0.3) is 0 Å². The van der Waals surface area contributed by atoms with Gasteiger partial charge in [-0.2, -0.15) is 0 Å². The van der Waals surface area contributed by atoms with E-state index in [4.69, 9.17) is 5.73 Å². The van der Waals surface area contributed by atoms with Crippen LogP contribution in [0.4, 0.5) is 0 Å². The van der Waals surface area contributed by atoms with E-state index in [0.29, 0.717) is 5.92 Å². The maximum atomic E-state index is 5.85. The Morgan fingerprint density at radius 2 is 1.93 bits per heavy atom. The number of hydrogen-bond acceptors (Lipinski definition) is 3. The molecular formula is C11H16N4. The Hall–Kier alpha value is -1.42. The van der Waals surface area contributed by atoms with E-state index in [1.165, 1.54) is 0 Å². The highest BCUT2D eigenvalue weighted by molar-refractivity contribution is 5.40.